The van der Waals surface area contributed by atoms with E-state index in [-0.39, 0.29) is 12.1 Å². The predicted octanol–water partition coefficient (Wildman–Crippen LogP) is 2.25. The van der Waals surface area contributed by atoms with Crippen LogP contribution in [-0.2, 0) is 0 Å². The van der Waals surface area contributed by atoms with Crippen LogP contribution in [0.5, 0.6) is 0 Å². The first-order valence-electron chi connectivity index (χ1n) is 7.61. The summed E-state index contributed by atoms with van der Waals surface area (Å²) in [5.41, 5.74) is -0.0743. The van der Waals surface area contributed by atoms with Crippen molar-refractivity contribution in [2.45, 2.75) is 64.5 Å². The van der Waals surface area contributed by atoms with E-state index in [0.29, 0.717) is 12.0 Å². The van der Waals surface area contributed by atoms with Crippen LogP contribution in [0.4, 0.5) is 0 Å². The van der Waals surface area contributed by atoms with Crippen LogP contribution in [0.1, 0.15) is 52.9 Å². The van der Waals surface area contributed by atoms with Gasteiger partial charge in [0.1, 0.15) is 0 Å². The van der Waals surface area contributed by atoms with Gasteiger partial charge in [-0.15, -0.1) is 0 Å². The van der Waals surface area contributed by atoms with Gasteiger partial charge in [-0.25, -0.2) is 0 Å². The van der Waals surface area contributed by atoms with Crippen LogP contribution in [0, 0.1) is 5.92 Å². The van der Waals surface area contributed by atoms with Crippen LogP contribution in [0.3, 0.4) is 0 Å². The number of hydrogen-bond acceptors (Lipinski definition) is 3. The zero-order valence-corrected chi connectivity index (χ0v) is 12.7. The number of nitrogens with one attached hydrogen (secondary N) is 1. The molecule has 0 aromatic heterocycles. The van der Waals surface area contributed by atoms with Crippen molar-refractivity contribution in [1.82, 2.24) is 10.2 Å². The Balaban J connectivity index is 2.49. The van der Waals surface area contributed by atoms with Crippen LogP contribution in [0.15, 0.2) is 0 Å². The van der Waals surface area contributed by atoms with E-state index in [1.54, 1.807) is 0 Å². The van der Waals surface area contributed by atoms with Gasteiger partial charge in [-0.3, -0.25) is 0 Å². The average Bonchev–Trinajstić information content (AvgIpc) is 3.11. The zero-order chi connectivity index (χ0) is 13.6. The van der Waals surface area contributed by atoms with Crippen LogP contribution >= 0.6 is 0 Å². The molecule has 1 aliphatic rings. The van der Waals surface area contributed by atoms with Gasteiger partial charge in [-0.1, -0.05) is 33.6 Å². The molecule has 2 N–H and O–H groups in total. The van der Waals surface area contributed by atoms with Crippen molar-refractivity contribution >= 4 is 0 Å². The lowest BCUT2D eigenvalue weighted by Crippen LogP contribution is -2.59. The van der Waals surface area contributed by atoms with Gasteiger partial charge in [0.2, 0.25) is 0 Å². The SMILES string of the molecule is CCCCCN(C)CC(CO)(NC(C)C)C1CC1. The van der Waals surface area contributed by atoms with Crippen LogP contribution in [0.2, 0.25) is 0 Å². The zero-order valence-electron chi connectivity index (χ0n) is 12.7. The highest BCUT2D eigenvalue weighted by molar-refractivity contribution is 5.03. The Morgan fingerprint density at radius 3 is 2.44 bits per heavy atom. The number of rotatable bonds is 10. The van der Waals surface area contributed by atoms with Gasteiger partial charge < -0.3 is 15.3 Å². The molecule has 1 unspecified atom stereocenters. The van der Waals surface area contributed by atoms with E-state index in [1.807, 2.05) is 0 Å². The van der Waals surface area contributed by atoms with Crippen LogP contribution < -0.4 is 5.32 Å². The van der Waals surface area contributed by atoms with Crippen LogP contribution in [0.25, 0.3) is 0 Å². The molecule has 0 aromatic rings. The molecule has 108 valence electrons. The topological polar surface area (TPSA) is 35.5 Å². The van der Waals surface area contributed by atoms with Gasteiger partial charge in [0.05, 0.1) is 12.1 Å². The van der Waals surface area contributed by atoms with E-state index < -0.39 is 0 Å². The molecule has 0 aliphatic heterocycles. The third-order valence-electron chi connectivity index (χ3n) is 3.91. The van der Waals surface area contributed by atoms with E-state index in [1.165, 1.54) is 32.1 Å². The lowest BCUT2D eigenvalue weighted by Gasteiger charge is -2.38. The quantitative estimate of drug-likeness (QED) is 0.589. The maximum atomic E-state index is 9.87. The van der Waals surface area contributed by atoms with Crippen molar-refractivity contribution in [1.29, 1.82) is 0 Å². The number of hydrogen-bond donors (Lipinski definition) is 2. The molecule has 0 heterocycles. The molecule has 1 rings (SSSR count). The maximum absolute atomic E-state index is 9.87. The number of nitrogens with zero attached hydrogens (tertiary/aromatic N) is 1. The summed E-state index contributed by atoms with van der Waals surface area (Å²) >= 11 is 0. The minimum absolute atomic E-state index is 0.0743. The van der Waals surface area contributed by atoms with Crippen molar-refractivity contribution in [2.24, 2.45) is 5.92 Å². The molecule has 1 fully saturated rings. The minimum atomic E-state index is -0.0743. The molecular weight excluding hydrogens is 224 g/mol. The van der Waals surface area contributed by atoms with E-state index in [0.717, 1.165) is 13.1 Å². The largest absolute Gasteiger partial charge is 0.394 e. The molecule has 0 amide bonds. The number of likely N-dealkylation sites (N-methyl/N-ethyl adjacent to an activating group) is 1. The second kappa shape index (κ2) is 7.46. The summed E-state index contributed by atoms with van der Waals surface area (Å²) in [6.45, 7) is 8.95. The Morgan fingerprint density at radius 1 is 1.33 bits per heavy atom. The number of unbranched alkanes of at least 4 members (excludes halogenated alkanes) is 2. The van der Waals surface area contributed by atoms with Gasteiger partial charge in [0.25, 0.3) is 0 Å². The fourth-order valence-corrected chi connectivity index (χ4v) is 2.92. The Labute approximate surface area is 113 Å². The molecule has 0 radical (unpaired) electrons. The van der Waals surface area contributed by atoms with Gasteiger partial charge in [0, 0.05) is 12.6 Å². The standard InChI is InChI=1S/C15H32N2O/c1-5-6-7-10-17(4)11-15(12-18,14-8-9-14)16-13(2)3/h13-14,16,18H,5-12H2,1-4H3. The summed E-state index contributed by atoms with van der Waals surface area (Å²) in [6, 6.07) is 0.432. The van der Waals surface area contributed by atoms with Crippen molar-refractivity contribution in [3.05, 3.63) is 0 Å². The molecular formula is C15H32N2O. The van der Waals surface area contributed by atoms with Gasteiger partial charge >= 0.3 is 0 Å². The van der Waals surface area contributed by atoms with Gasteiger partial charge in [0.15, 0.2) is 0 Å². The maximum Gasteiger partial charge on any atom is 0.0628 e. The third kappa shape index (κ3) is 4.87. The van der Waals surface area contributed by atoms with Crippen molar-refractivity contribution in [3.8, 4) is 0 Å². The fourth-order valence-electron chi connectivity index (χ4n) is 2.92. The lowest BCUT2D eigenvalue weighted by molar-refractivity contribution is 0.0926. The van der Waals surface area contributed by atoms with E-state index in [9.17, 15) is 5.11 Å². The molecule has 0 bridgehead atoms. The first-order valence-corrected chi connectivity index (χ1v) is 7.61. The molecule has 0 spiro atoms. The lowest BCUT2D eigenvalue weighted by atomic mass is 9.92. The van der Waals surface area contributed by atoms with Crippen molar-refractivity contribution in [3.63, 3.8) is 0 Å². The van der Waals surface area contributed by atoms with E-state index in [4.69, 9.17) is 0 Å². The smallest absolute Gasteiger partial charge is 0.0628 e. The number of aliphatic hydroxyl groups excluding tert-OH is 1. The molecule has 0 saturated heterocycles. The number of aliphatic hydroxyl groups is 1. The Kier molecular flexibility index (Phi) is 6.61. The van der Waals surface area contributed by atoms with Gasteiger partial charge in [-0.05, 0) is 38.8 Å². The average molecular weight is 256 g/mol. The highest BCUT2D eigenvalue weighted by atomic mass is 16.3. The van der Waals surface area contributed by atoms with Gasteiger partial charge in [-0.2, -0.15) is 0 Å². The van der Waals surface area contributed by atoms with Crippen LogP contribution in [-0.4, -0.2) is 48.3 Å². The summed E-state index contributed by atoms with van der Waals surface area (Å²) in [4.78, 5) is 2.39. The highest BCUT2D eigenvalue weighted by Crippen LogP contribution is 2.40. The molecule has 3 nitrogen and oxygen atoms in total. The summed E-state index contributed by atoms with van der Waals surface area (Å²) in [5, 5.41) is 13.5. The summed E-state index contributed by atoms with van der Waals surface area (Å²) in [5.74, 6) is 0.665. The Morgan fingerprint density at radius 2 is 2.00 bits per heavy atom. The molecule has 18 heavy (non-hydrogen) atoms. The monoisotopic (exact) mass is 256 g/mol. The second-order valence-electron chi connectivity index (χ2n) is 6.33. The minimum Gasteiger partial charge on any atom is -0.394 e. The Hall–Kier alpha value is -0.120. The fraction of sp³-hybridized carbons (Fsp3) is 1.00. The molecule has 1 aliphatic carbocycles. The molecule has 0 aromatic carbocycles. The Bertz CT molecular complexity index is 229. The first-order chi connectivity index (χ1) is 8.54. The molecule has 1 saturated carbocycles. The normalized spacial score (nSPS) is 19.5. The highest BCUT2D eigenvalue weighted by Gasteiger charge is 2.45. The summed E-state index contributed by atoms with van der Waals surface area (Å²) in [6.07, 6.45) is 6.37. The van der Waals surface area contributed by atoms with Crippen molar-refractivity contribution < 1.29 is 5.11 Å². The summed E-state index contributed by atoms with van der Waals surface area (Å²) in [7, 11) is 2.18. The summed E-state index contributed by atoms with van der Waals surface area (Å²) < 4.78 is 0. The molecule has 1 atom stereocenters. The predicted molar refractivity (Wildman–Crippen MR) is 77.8 cm³/mol. The second-order valence-corrected chi connectivity index (χ2v) is 6.33. The third-order valence-corrected chi connectivity index (χ3v) is 3.91. The van der Waals surface area contributed by atoms with E-state index >= 15 is 0 Å². The van der Waals surface area contributed by atoms with E-state index in [2.05, 4.69) is 38.0 Å². The molecule has 3 heteroatoms. The first kappa shape index (κ1) is 15.9. The van der Waals surface area contributed by atoms with Crippen molar-refractivity contribution in [2.75, 3.05) is 26.7 Å².